The Balaban J connectivity index is 1.50. The monoisotopic (exact) mass is 367 g/mol. The van der Waals surface area contributed by atoms with Crippen molar-refractivity contribution in [3.05, 3.63) is 36.2 Å². The summed E-state index contributed by atoms with van der Waals surface area (Å²) in [5.41, 5.74) is 7.63. The molecule has 2 fully saturated rings. The molecule has 0 aliphatic carbocycles. The Morgan fingerprint density at radius 1 is 1.15 bits per heavy atom. The SMILES string of the molecule is Cc1cnc(CN2C[C@@]3(CCCN(c4cc(N)ncn4)C3)CCC2=O)cn1. The van der Waals surface area contributed by atoms with Gasteiger partial charge in [-0.25, -0.2) is 9.97 Å². The standard InChI is InChI=1S/C19H25N7O/c1-14-8-22-15(9-21-14)10-26-12-19(5-3-18(26)27)4-2-6-25(11-19)17-7-16(20)23-13-24-17/h7-9,13H,2-6,10-12H2,1H3,(H2,20,23,24)/t19-/m0/s1. The zero-order chi connectivity index (χ0) is 18.9. The third-order valence-electron chi connectivity index (χ3n) is 5.59. The van der Waals surface area contributed by atoms with Crippen LogP contribution in [0, 0.1) is 12.3 Å². The van der Waals surface area contributed by atoms with Gasteiger partial charge in [0.1, 0.15) is 18.0 Å². The number of nitrogen functional groups attached to an aromatic ring is 1. The van der Waals surface area contributed by atoms with E-state index >= 15 is 0 Å². The van der Waals surface area contributed by atoms with E-state index in [1.807, 2.05) is 17.9 Å². The largest absolute Gasteiger partial charge is 0.384 e. The van der Waals surface area contributed by atoms with Crippen LogP contribution in [0.25, 0.3) is 0 Å². The van der Waals surface area contributed by atoms with Gasteiger partial charge in [0.05, 0.1) is 24.1 Å². The highest BCUT2D eigenvalue weighted by Gasteiger charge is 2.42. The number of nitrogens with two attached hydrogens (primary N) is 1. The topological polar surface area (TPSA) is 101 Å². The number of anilines is 2. The highest BCUT2D eigenvalue weighted by atomic mass is 16.2. The summed E-state index contributed by atoms with van der Waals surface area (Å²) in [5, 5.41) is 0. The van der Waals surface area contributed by atoms with Crippen molar-refractivity contribution in [3.63, 3.8) is 0 Å². The van der Waals surface area contributed by atoms with Crippen LogP contribution in [0.4, 0.5) is 11.6 Å². The third kappa shape index (κ3) is 3.84. The van der Waals surface area contributed by atoms with Gasteiger partial charge >= 0.3 is 0 Å². The van der Waals surface area contributed by atoms with E-state index in [4.69, 9.17) is 5.73 Å². The van der Waals surface area contributed by atoms with Gasteiger partial charge in [-0.1, -0.05) is 0 Å². The molecule has 8 heteroatoms. The van der Waals surface area contributed by atoms with Crippen LogP contribution in [-0.2, 0) is 11.3 Å². The van der Waals surface area contributed by atoms with E-state index in [-0.39, 0.29) is 11.3 Å². The number of hydrogen-bond acceptors (Lipinski definition) is 7. The van der Waals surface area contributed by atoms with Crippen molar-refractivity contribution < 1.29 is 4.79 Å². The van der Waals surface area contributed by atoms with E-state index in [0.717, 1.165) is 56.1 Å². The molecular formula is C19H25N7O. The third-order valence-corrected chi connectivity index (χ3v) is 5.59. The first-order valence-corrected chi connectivity index (χ1v) is 9.41. The maximum absolute atomic E-state index is 12.5. The summed E-state index contributed by atoms with van der Waals surface area (Å²) < 4.78 is 0. The van der Waals surface area contributed by atoms with Gasteiger partial charge in [-0.3, -0.25) is 14.8 Å². The molecule has 4 heterocycles. The molecule has 2 aliphatic rings. The number of aromatic nitrogens is 4. The van der Waals surface area contributed by atoms with E-state index < -0.39 is 0 Å². The highest BCUT2D eigenvalue weighted by molar-refractivity contribution is 5.77. The second kappa shape index (κ2) is 7.09. The summed E-state index contributed by atoms with van der Waals surface area (Å²) in [5.74, 6) is 1.55. The number of aryl methyl sites for hydroxylation is 1. The second-order valence-corrected chi connectivity index (χ2v) is 7.73. The molecule has 2 saturated heterocycles. The number of rotatable bonds is 3. The molecule has 1 atom stereocenters. The predicted molar refractivity (Wildman–Crippen MR) is 102 cm³/mol. The molecule has 0 aromatic carbocycles. The fourth-order valence-corrected chi connectivity index (χ4v) is 4.21. The molecule has 0 radical (unpaired) electrons. The van der Waals surface area contributed by atoms with Crippen molar-refractivity contribution in [3.8, 4) is 0 Å². The number of hydrogen-bond donors (Lipinski definition) is 1. The van der Waals surface area contributed by atoms with Crippen LogP contribution >= 0.6 is 0 Å². The molecule has 2 aromatic rings. The number of amides is 1. The Morgan fingerprint density at radius 3 is 2.81 bits per heavy atom. The zero-order valence-electron chi connectivity index (χ0n) is 15.6. The van der Waals surface area contributed by atoms with Crippen LogP contribution in [0.15, 0.2) is 24.8 Å². The molecule has 142 valence electrons. The molecule has 27 heavy (non-hydrogen) atoms. The minimum Gasteiger partial charge on any atom is -0.384 e. The fourth-order valence-electron chi connectivity index (χ4n) is 4.21. The number of piperidine rings is 2. The number of nitrogens with zero attached hydrogens (tertiary/aromatic N) is 6. The first-order valence-electron chi connectivity index (χ1n) is 9.41. The van der Waals surface area contributed by atoms with Crippen molar-refractivity contribution in [1.29, 1.82) is 0 Å². The summed E-state index contributed by atoms with van der Waals surface area (Å²) >= 11 is 0. The Hall–Kier alpha value is -2.77. The van der Waals surface area contributed by atoms with Crippen LogP contribution in [0.1, 0.15) is 37.1 Å². The summed E-state index contributed by atoms with van der Waals surface area (Å²) in [6.07, 6.45) is 8.72. The Bertz CT molecular complexity index is 825. The van der Waals surface area contributed by atoms with Crippen molar-refractivity contribution >= 4 is 17.5 Å². The molecular weight excluding hydrogens is 342 g/mol. The van der Waals surface area contributed by atoms with E-state index in [1.54, 1.807) is 12.4 Å². The number of likely N-dealkylation sites (tertiary alicyclic amines) is 1. The van der Waals surface area contributed by atoms with Gasteiger partial charge in [-0.2, -0.15) is 0 Å². The minimum absolute atomic E-state index is 0.0873. The molecule has 1 amide bonds. The Kier molecular flexibility index (Phi) is 4.63. The summed E-state index contributed by atoms with van der Waals surface area (Å²) in [7, 11) is 0. The number of carbonyl (C=O) groups is 1. The molecule has 8 nitrogen and oxygen atoms in total. The molecule has 0 saturated carbocycles. The number of carbonyl (C=O) groups excluding carboxylic acids is 1. The maximum atomic E-state index is 12.5. The smallest absolute Gasteiger partial charge is 0.222 e. The molecule has 1 spiro atoms. The lowest BCUT2D eigenvalue weighted by Crippen LogP contribution is -2.54. The average molecular weight is 367 g/mol. The lowest BCUT2D eigenvalue weighted by atomic mass is 9.73. The van der Waals surface area contributed by atoms with Gasteiger partial charge in [-0.15, -0.1) is 0 Å². The van der Waals surface area contributed by atoms with Crippen molar-refractivity contribution in [2.24, 2.45) is 5.41 Å². The normalized spacial score (nSPS) is 23.1. The molecule has 2 N–H and O–H groups in total. The van der Waals surface area contributed by atoms with Crippen LogP contribution < -0.4 is 10.6 Å². The van der Waals surface area contributed by atoms with E-state index in [0.29, 0.717) is 18.8 Å². The first kappa shape index (κ1) is 17.6. The van der Waals surface area contributed by atoms with Gasteiger partial charge in [0.2, 0.25) is 5.91 Å². The fraction of sp³-hybridized carbons (Fsp3) is 0.526. The van der Waals surface area contributed by atoms with Crippen LogP contribution in [0.5, 0.6) is 0 Å². The van der Waals surface area contributed by atoms with Crippen LogP contribution in [-0.4, -0.2) is 50.4 Å². The second-order valence-electron chi connectivity index (χ2n) is 7.73. The van der Waals surface area contributed by atoms with Gasteiger partial charge in [0, 0.05) is 43.7 Å². The Morgan fingerprint density at radius 2 is 2.04 bits per heavy atom. The molecule has 0 bridgehead atoms. The lowest BCUT2D eigenvalue weighted by molar-refractivity contribution is -0.138. The quantitative estimate of drug-likeness (QED) is 0.878. The average Bonchev–Trinajstić information content (AvgIpc) is 2.67. The van der Waals surface area contributed by atoms with Gasteiger partial charge in [0.25, 0.3) is 0 Å². The zero-order valence-corrected chi connectivity index (χ0v) is 15.6. The predicted octanol–water partition coefficient (Wildman–Crippen LogP) is 1.57. The summed E-state index contributed by atoms with van der Waals surface area (Å²) in [4.78, 5) is 33.8. The van der Waals surface area contributed by atoms with E-state index in [2.05, 4.69) is 24.8 Å². The molecule has 4 rings (SSSR count). The molecule has 0 unspecified atom stereocenters. The van der Waals surface area contributed by atoms with Crippen LogP contribution in [0.3, 0.4) is 0 Å². The summed E-state index contributed by atoms with van der Waals surface area (Å²) in [6.45, 7) is 5.02. The Labute approximate surface area is 158 Å². The first-order chi connectivity index (χ1) is 13.0. The van der Waals surface area contributed by atoms with Crippen LogP contribution in [0.2, 0.25) is 0 Å². The van der Waals surface area contributed by atoms with Crippen molar-refractivity contribution in [1.82, 2.24) is 24.8 Å². The summed E-state index contributed by atoms with van der Waals surface area (Å²) in [6, 6.07) is 1.83. The lowest BCUT2D eigenvalue weighted by Gasteiger charge is -2.48. The maximum Gasteiger partial charge on any atom is 0.222 e. The van der Waals surface area contributed by atoms with E-state index in [9.17, 15) is 4.79 Å². The molecule has 2 aromatic heterocycles. The minimum atomic E-state index is 0.0873. The molecule has 2 aliphatic heterocycles. The van der Waals surface area contributed by atoms with Crippen molar-refractivity contribution in [2.45, 2.75) is 39.2 Å². The van der Waals surface area contributed by atoms with Gasteiger partial charge in [0.15, 0.2) is 0 Å². The van der Waals surface area contributed by atoms with E-state index in [1.165, 1.54) is 6.33 Å². The highest BCUT2D eigenvalue weighted by Crippen LogP contribution is 2.40. The van der Waals surface area contributed by atoms with Gasteiger partial charge in [-0.05, 0) is 26.2 Å². The van der Waals surface area contributed by atoms with Crippen molar-refractivity contribution in [2.75, 3.05) is 30.3 Å². The van der Waals surface area contributed by atoms with Gasteiger partial charge < -0.3 is 15.5 Å².